The van der Waals surface area contributed by atoms with Gasteiger partial charge in [0, 0.05) is 0 Å². The molecule has 0 aliphatic heterocycles. The first-order chi connectivity index (χ1) is 9.52. The van der Waals surface area contributed by atoms with Crippen LogP contribution in [0.1, 0.15) is 44.6 Å². The van der Waals surface area contributed by atoms with Crippen LogP contribution in [0, 0.1) is 29.4 Å². The number of halogens is 2. The standard InChI is InChI=1S/C17H25F2N/c1-11(2)12-4-5-14(10-20-3)15(8-12)13-6-7-16(18)17(19)9-13/h6-7,9,11-12,14-15,20H,4-5,8,10H2,1-3H3. The van der Waals surface area contributed by atoms with E-state index in [0.717, 1.165) is 24.9 Å². The van der Waals surface area contributed by atoms with Crippen LogP contribution in [0.15, 0.2) is 18.2 Å². The van der Waals surface area contributed by atoms with E-state index < -0.39 is 11.6 Å². The summed E-state index contributed by atoms with van der Waals surface area (Å²) in [5.74, 6) is 0.700. The smallest absolute Gasteiger partial charge is 0.159 e. The zero-order valence-electron chi connectivity index (χ0n) is 12.6. The highest BCUT2D eigenvalue weighted by atomic mass is 19.2. The Kier molecular flexibility index (Phi) is 5.14. The third-order valence-electron chi connectivity index (χ3n) is 4.81. The van der Waals surface area contributed by atoms with E-state index in [0.29, 0.717) is 23.7 Å². The molecule has 0 radical (unpaired) electrons. The maximum atomic E-state index is 13.5. The molecule has 3 heteroatoms. The molecule has 20 heavy (non-hydrogen) atoms. The van der Waals surface area contributed by atoms with E-state index in [1.807, 2.05) is 7.05 Å². The Morgan fingerprint density at radius 3 is 2.55 bits per heavy atom. The average molecular weight is 281 g/mol. The monoisotopic (exact) mass is 281 g/mol. The summed E-state index contributed by atoms with van der Waals surface area (Å²) in [6, 6.07) is 4.42. The highest BCUT2D eigenvalue weighted by Gasteiger charge is 2.32. The van der Waals surface area contributed by atoms with E-state index in [9.17, 15) is 8.78 Å². The van der Waals surface area contributed by atoms with Gasteiger partial charge in [-0.3, -0.25) is 0 Å². The molecule has 0 saturated heterocycles. The Morgan fingerprint density at radius 2 is 1.95 bits per heavy atom. The molecular formula is C17H25F2N. The van der Waals surface area contributed by atoms with E-state index in [2.05, 4.69) is 19.2 Å². The van der Waals surface area contributed by atoms with Crippen molar-refractivity contribution in [3.05, 3.63) is 35.4 Å². The fraction of sp³-hybridized carbons (Fsp3) is 0.647. The fourth-order valence-electron chi connectivity index (χ4n) is 3.53. The van der Waals surface area contributed by atoms with Crippen LogP contribution in [0.5, 0.6) is 0 Å². The Labute approximate surface area is 120 Å². The van der Waals surface area contributed by atoms with Gasteiger partial charge in [-0.05, 0) is 74.2 Å². The molecule has 3 atom stereocenters. The zero-order chi connectivity index (χ0) is 14.7. The minimum Gasteiger partial charge on any atom is -0.319 e. The van der Waals surface area contributed by atoms with E-state index in [-0.39, 0.29) is 0 Å². The maximum Gasteiger partial charge on any atom is 0.159 e. The van der Waals surface area contributed by atoms with Crippen LogP contribution >= 0.6 is 0 Å². The van der Waals surface area contributed by atoms with Gasteiger partial charge in [-0.2, -0.15) is 0 Å². The number of hydrogen-bond donors (Lipinski definition) is 1. The Hall–Kier alpha value is -0.960. The predicted octanol–water partition coefficient (Wildman–Crippen LogP) is 4.34. The largest absolute Gasteiger partial charge is 0.319 e. The normalized spacial score (nSPS) is 27.0. The molecule has 3 unspecified atom stereocenters. The molecule has 1 aliphatic rings. The van der Waals surface area contributed by atoms with Gasteiger partial charge in [-0.25, -0.2) is 8.78 Å². The molecule has 0 amide bonds. The van der Waals surface area contributed by atoms with E-state index in [4.69, 9.17) is 0 Å². The first-order valence-electron chi connectivity index (χ1n) is 7.62. The topological polar surface area (TPSA) is 12.0 Å². The lowest BCUT2D eigenvalue weighted by molar-refractivity contribution is 0.192. The highest BCUT2D eigenvalue weighted by molar-refractivity contribution is 5.23. The molecule has 2 rings (SSSR count). The second-order valence-corrected chi connectivity index (χ2v) is 6.41. The SMILES string of the molecule is CNCC1CCC(C(C)C)CC1c1ccc(F)c(F)c1. The third-order valence-corrected chi connectivity index (χ3v) is 4.81. The molecule has 1 aromatic carbocycles. The molecule has 0 heterocycles. The first kappa shape index (κ1) is 15.4. The van der Waals surface area contributed by atoms with Crippen LogP contribution in [0.2, 0.25) is 0 Å². The average Bonchev–Trinajstić information content (AvgIpc) is 2.42. The summed E-state index contributed by atoms with van der Waals surface area (Å²) in [7, 11) is 1.96. The van der Waals surface area contributed by atoms with Crippen molar-refractivity contribution in [3.8, 4) is 0 Å². The van der Waals surface area contributed by atoms with Crippen molar-refractivity contribution in [1.82, 2.24) is 5.32 Å². The minimum absolute atomic E-state index is 0.332. The van der Waals surface area contributed by atoms with Crippen molar-refractivity contribution < 1.29 is 8.78 Å². The molecule has 0 spiro atoms. The van der Waals surface area contributed by atoms with E-state index >= 15 is 0 Å². The van der Waals surface area contributed by atoms with Crippen molar-refractivity contribution in [2.45, 2.75) is 39.0 Å². The quantitative estimate of drug-likeness (QED) is 0.865. The maximum absolute atomic E-state index is 13.5. The molecule has 1 nitrogen and oxygen atoms in total. The first-order valence-corrected chi connectivity index (χ1v) is 7.62. The molecule has 1 aliphatic carbocycles. The number of rotatable bonds is 4. The van der Waals surface area contributed by atoms with Crippen LogP contribution in [0.3, 0.4) is 0 Å². The molecule has 0 aromatic heterocycles. The van der Waals surface area contributed by atoms with Crippen molar-refractivity contribution in [1.29, 1.82) is 0 Å². The van der Waals surface area contributed by atoms with Gasteiger partial charge in [0.2, 0.25) is 0 Å². The van der Waals surface area contributed by atoms with Gasteiger partial charge in [0.15, 0.2) is 11.6 Å². The van der Waals surface area contributed by atoms with E-state index in [1.165, 1.54) is 18.6 Å². The molecular weight excluding hydrogens is 256 g/mol. The van der Waals surface area contributed by atoms with Crippen LogP contribution in [-0.4, -0.2) is 13.6 Å². The molecule has 1 N–H and O–H groups in total. The van der Waals surface area contributed by atoms with Gasteiger partial charge < -0.3 is 5.32 Å². The lowest BCUT2D eigenvalue weighted by atomic mass is 9.68. The summed E-state index contributed by atoms with van der Waals surface area (Å²) in [5.41, 5.74) is 0.953. The van der Waals surface area contributed by atoms with Crippen molar-refractivity contribution in [3.63, 3.8) is 0 Å². The van der Waals surface area contributed by atoms with E-state index in [1.54, 1.807) is 6.07 Å². The van der Waals surface area contributed by atoms with Gasteiger partial charge >= 0.3 is 0 Å². The summed E-state index contributed by atoms with van der Waals surface area (Å²) in [6.45, 7) is 5.45. The molecule has 1 aromatic rings. The van der Waals surface area contributed by atoms with Gasteiger partial charge in [0.05, 0.1) is 0 Å². The van der Waals surface area contributed by atoms with Crippen LogP contribution in [-0.2, 0) is 0 Å². The zero-order valence-corrected chi connectivity index (χ0v) is 12.6. The third kappa shape index (κ3) is 3.38. The summed E-state index contributed by atoms with van der Waals surface area (Å²) >= 11 is 0. The number of benzene rings is 1. The van der Waals surface area contributed by atoms with Gasteiger partial charge in [-0.1, -0.05) is 19.9 Å². The fourth-order valence-corrected chi connectivity index (χ4v) is 3.53. The summed E-state index contributed by atoms with van der Waals surface area (Å²) in [5, 5.41) is 3.24. The molecule has 1 saturated carbocycles. The lowest BCUT2D eigenvalue weighted by Crippen LogP contribution is -2.32. The van der Waals surface area contributed by atoms with Crippen molar-refractivity contribution >= 4 is 0 Å². The molecule has 1 fully saturated rings. The molecule has 112 valence electrons. The summed E-state index contributed by atoms with van der Waals surface area (Å²) in [6.07, 6.45) is 3.48. The summed E-state index contributed by atoms with van der Waals surface area (Å²) in [4.78, 5) is 0. The molecule has 0 bridgehead atoms. The van der Waals surface area contributed by atoms with Gasteiger partial charge in [-0.15, -0.1) is 0 Å². The lowest BCUT2D eigenvalue weighted by Gasteiger charge is -2.38. The van der Waals surface area contributed by atoms with Crippen LogP contribution in [0.25, 0.3) is 0 Å². The van der Waals surface area contributed by atoms with Crippen LogP contribution < -0.4 is 5.32 Å². The predicted molar refractivity (Wildman–Crippen MR) is 78.7 cm³/mol. The van der Waals surface area contributed by atoms with Crippen molar-refractivity contribution in [2.24, 2.45) is 17.8 Å². The Morgan fingerprint density at radius 1 is 1.20 bits per heavy atom. The highest BCUT2D eigenvalue weighted by Crippen LogP contribution is 2.43. The van der Waals surface area contributed by atoms with Crippen molar-refractivity contribution in [2.75, 3.05) is 13.6 Å². The van der Waals surface area contributed by atoms with Crippen LogP contribution in [0.4, 0.5) is 8.78 Å². The summed E-state index contributed by atoms with van der Waals surface area (Å²) < 4.78 is 26.6. The Balaban J connectivity index is 2.23. The number of nitrogens with one attached hydrogen (secondary N) is 1. The second kappa shape index (κ2) is 6.66. The second-order valence-electron chi connectivity index (χ2n) is 6.41. The minimum atomic E-state index is -0.755. The Bertz CT molecular complexity index is 445. The van der Waals surface area contributed by atoms with Gasteiger partial charge in [0.1, 0.15) is 0 Å². The van der Waals surface area contributed by atoms with Gasteiger partial charge in [0.25, 0.3) is 0 Å². The number of hydrogen-bond acceptors (Lipinski definition) is 1.